The monoisotopic (exact) mass is 218 g/mol. The van der Waals surface area contributed by atoms with Gasteiger partial charge >= 0.3 is 0 Å². The normalized spacial score (nSPS) is 34.9. The maximum Gasteiger partial charge on any atom is 0.159 e. The fourth-order valence-corrected chi connectivity index (χ4v) is 3.24. The minimum atomic E-state index is 0.414. The summed E-state index contributed by atoms with van der Waals surface area (Å²) in [7, 11) is 0. The fourth-order valence-electron chi connectivity index (χ4n) is 3.24. The van der Waals surface area contributed by atoms with Crippen molar-refractivity contribution in [3.63, 3.8) is 0 Å². The third-order valence-electron chi connectivity index (χ3n) is 4.34. The molecule has 0 fully saturated rings. The van der Waals surface area contributed by atoms with Gasteiger partial charge in [-0.1, -0.05) is 31.6 Å². The summed E-state index contributed by atoms with van der Waals surface area (Å²) in [4.78, 5) is 12.0. The van der Waals surface area contributed by atoms with Crippen LogP contribution in [-0.2, 0) is 4.79 Å². The minimum Gasteiger partial charge on any atom is -0.295 e. The van der Waals surface area contributed by atoms with Crippen LogP contribution in [0.4, 0.5) is 0 Å². The first-order valence-corrected chi connectivity index (χ1v) is 6.42. The Morgan fingerprint density at radius 1 is 1.19 bits per heavy atom. The molecule has 2 aliphatic rings. The molecular formula is C15H22O. The van der Waals surface area contributed by atoms with Gasteiger partial charge in [0.15, 0.2) is 5.78 Å². The van der Waals surface area contributed by atoms with Crippen LogP contribution in [-0.4, -0.2) is 5.78 Å². The van der Waals surface area contributed by atoms with E-state index in [0.717, 1.165) is 19.3 Å². The molecule has 16 heavy (non-hydrogen) atoms. The number of carbonyl (C=O) groups excluding carboxylic acids is 1. The molecule has 88 valence electrons. The first kappa shape index (κ1) is 11.6. The third kappa shape index (κ3) is 1.88. The Morgan fingerprint density at radius 2 is 1.88 bits per heavy atom. The highest BCUT2D eigenvalue weighted by Crippen LogP contribution is 2.43. The Balaban J connectivity index is 2.33. The molecule has 0 bridgehead atoms. The maximum absolute atomic E-state index is 12.0. The molecule has 0 aromatic rings. The highest BCUT2D eigenvalue weighted by atomic mass is 16.1. The van der Waals surface area contributed by atoms with Crippen molar-refractivity contribution in [2.45, 2.75) is 46.5 Å². The molecule has 0 aliphatic heterocycles. The second-order valence-corrected chi connectivity index (χ2v) is 5.69. The topological polar surface area (TPSA) is 17.1 Å². The van der Waals surface area contributed by atoms with Crippen molar-refractivity contribution in [3.05, 3.63) is 23.3 Å². The summed E-state index contributed by atoms with van der Waals surface area (Å²) in [5.41, 5.74) is 3.91. The van der Waals surface area contributed by atoms with Crippen LogP contribution in [0, 0.1) is 17.8 Å². The van der Waals surface area contributed by atoms with Crippen molar-refractivity contribution in [2.24, 2.45) is 17.8 Å². The number of ketones is 1. The molecule has 2 unspecified atom stereocenters. The van der Waals surface area contributed by atoms with Crippen LogP contribution in [0.15, 0.2) is 23.3 Å². The number of rotatable bonds is 1. The highest BCUT2D eigenvalue weighted by molar-refractivity contribution is 5.99. The Morgan fingerprint density at radius 3 is 2.50 bits per heavy atom. The van der Waals surface area contributed by atoms with Gasteiger partial charge in [0.2, 0.25) is 0 Å². The van der Waals surface area contributed by atoms with Gasteiger partial charge in [0, 0.05) is 6.42 Å². The smallest absolute Gasteiger partial charge is 0.159 e. The molecule has 2 rings (SSSR count). The summed E-state index contributed by atoms with van der Waals surface area (Å²) in [5.74, 6) is 1.96. The molecule has 1 heteroatoms. The average Bonchev–Trinajstić information content (AvgIpc) is 2.39. The summed E-state index contributed by atoms with van der Waals surface area (Å²) in [6, 6.07) is 0. The fraction of sp³-hybridized carbons (Fsp3) is 0.667. The van der Waals surface area contributed by atoms with Crippen LogP contribution in [0.25, 0.3) is 0 Å². The molecular weight excluding hydrogens is 196 g/mol. The van der Waals surface area contributed by atoms with E-state index in [0.29, 0.717) is 23.5 Å². The summed E-state index contributed by atoms with van der Waals surface area (Å²) in [6.07, 6.45) is 4.18. The van der Waals surface area contributed by atoms with Gasteiger partial charge < -0.3 is 0 Å². The summed E-state index contributed by atoms with van der Waals surface area (Å²) in [5, 5.41) is 0. The number of allylic oxidation sites excluding steroid dienone is 3. The van der Waals surface area contributed by atoms with Gasteiger partial charge in [-0.2, -0.15) is 0 Å². The lowest BCUT2D eigenvalue weighted by atomic mass is 9.87. The van der Waals surface area contributed by atoms with E-state index >= 15 is 0 Å². The average molecular weight is 218 g/mol. The van der Waals surface area contributed by atoms with Gasteiger partial charge in [0.05, 0.1) is 0 Å². The summed E-state index contributed by atoms with van der Waals surface area (Å²) >= 11 is 0. The van der Waals surface area contributed by atoms with Crippen molar-refractivity contribution in [2.75, 3.05) is 0 Å². The molecule has 0 saturated carbocycles. The SMILES string of the molecule is C=C(C)C1CC[C@H](C)C2=C(C1)C(C)CC2=O. The second kappa shape index (κ2) is 4.20. The van der Waals surface area contributed by atoms with E-state index < -0.39 is 0 Å². The van der Waals surface area contributed by atoms with Crippen molar-refractivity contribution in [1.29, 1.82) is 0 Å². The van der Waals surface area contributed by atoms with Crippen LogP contribution in [0.2, 0.25) is 0 Å². The summed E-state index contributed by atoms with van der Waals surface area (Å²) in [6.45, 7) is 10.6. The lowest BCUT2D eigenvalue weighted by molar-refractivity contribution is -0.115. The van der Waals surface area contributed by atoms with E-state index in [2.05, 4.69) is 27.4 Å². The summed E-state index contributed by atoms with van der Waals surface area (Å²) < 4.78 is 0. The van der Waals surface area contributed by atoms with Gasteiger partial charge in [-0.05, 0) is 49.5 Å². The molecule has 0 radical (unpaired) electrons. The molecule has 0 aromatic carbocycles. The molecule has 0 heterocycles. The predicted octanol–water partition coefficient (Wildman–Crippen LogP) is 3.90. The standard InChI is InChI=1S/C15H22O/c1-9(2)12-6-5-10(3)15-13(8-12)11(4)7-14(15)16/h10-12H,1,5-8H2,2-4H3/t10-,11?,12?/m0/s1. The number of carbonyl (C=O) groups is 1. The molecule has 0 aromatic heterocycles. The number of Topliss-reactive ketones (excluding diaryl/α,β-unsaturated/α-hetero) is 1. The van der Waals surface area contributed by atoms with Crippen molar-refractivity contribution < 1.29 is 4.79 Å². The second-order valence-electron chi connectivity index (χ2n) is 5.69. The van der Waals surface area contributed by atoms with E-state index in [1.807, 2.05) is 0 Å². The lowest BCUT2D eigenvalue weighted by Gasteiger charge is -2.17. The molecule has 0 N–H and O–H groups in total. The Hall–Kier alpha value is -0.850. The van der Waals surface area contributed by atoms with Crippen LogP contribution < -0.4 is 0 Å². The quantitative estimate of drug-likeness (QED) is 0.610. The lowest BCUT2D eigenvalue weighted by Crippen LogP contribution is -2.07. The van der Waals surface area contributed by atoms with Gasteiger partial charge in [0.1, 0.15) is 0 Å². The first-order valence-electron chi connectivity index (χ1n) is 6.42. The largest absolute Gasteiger partial charge is 0.295 e. The Bertz CT molecular complexity index is 362. The van der Waals surface area contributed by atoms with E-state index in [-0.39, 0.29) is 0 Å². The van der Waals surface area contributed by atoms with E-state index in [1.165, 1.54) is 23.1 Å². The molecule has 2 aliphatic carbocycles. The molecule has 0 saturated heterocycles. The third-order valence-corrected chi connectivity index (χ3v) is 4.34. The van der Waals surface area contributed by atoms with E-state index in [9.17, 15) is 4.79 Å². The maximum atomic E-state index is 12.0. The predicted molar refractivity (Wildman–Crippen MR) is 67.1 cm³/mol. The Labute approximate surface area is 98.6 Å². The van der Waals surface area contributed by atoms with Gasteiger partial charge in [0.25, 0.3) is 0 Å². The van der Waals surface area contributed by atoms with Crippen LogP contribution in [0.5, 0.6) is 0 Å². The van der Waals surface area contributed by atoms with Crippen LogP contribution in [0.1, 0.15) is 46.5 Å². The number of hydrogen-bond acceptors (Lipinski definition) is 1. The first-order chi connectivity index (χ1) is 7.50. The van der Waals surface area contributed by atoms with Gasteiger partial charge in [-0.25, -0.2) is 0 Å². The zero-order valence-corrected chi connectivity index (χ0v) is 10.7. The van der Waals surface area contributed by atoms with E-state index in [4.69, 9.17) is 0 Å². The molecule has 0 spiro atoms. The van der Waals surface area contributed by atoms with Gasteiger partial charge in [-0.3, -0.25) is 4.79 Å². The zero-order valence-electron chi connectivity index (χ0n) is 10.7. The minimum absolute atomic E-state index is 0.414. The van der Waals surface area contributed by atoms with Crippen molar-refractivity contribution in [1.82, 2.24) is 0 Å². The number of hydrogen-bond donors (Lipinski definition) is 0. The van der Waals surface area contributed by atoms with Crippen molar-refractivity contribution in [3.8, 4) is 0 Å². The van der Waals surface area contributed by atoms with Crippen LogP contribution >= 0.6 is 0 Å². The molecule has 1 nitrogen and oxygen atoms in total. The molecule has 3 atom stereocenters. The Kier molecular flexibility index (Phi) is 3.05. The van der Waals surface area contributed by atoms with E-state index in [1.54, 1.807) is 0 Å². The van der Waals surface area contributed by atoms with Crippen molar-refractivity contribution >= 4 is 5.78 Å². The zero-order chi connectivity index (χ0) is 11.9. The highest BCUT2D eigenvalue weighted by Gasteiger charge is 2.35. The van der Waals surface area contributed by atoms with Crippen LogP contribution in [0.3, 0.4) is 0 Å². The molecule has 0 amide bonds. The van der Waals surface area contributed by atoms with Gasteiger partial charge in [-0.15, -0.1) is 0 Å².